The highest BCUT2D eigenvalue weighted by Crippen LogP contribution is 2.38. The van der Waals surface area contributed by atoms with Crippen LogP contribution in [0.3, 0.4) is 0 Å². The van der Waals surface area contributed by atoms with Gasteiger partial charge in [-0.3, -0.25) is 0 Å². The van der Waals surface area contributed by atoms with Crippen molar-refractivity contribution in [1.29, 1.82) is 5.26 Å². The van der Waals surface area contributed by atoms with Gasteiger partial charge in [0.2, 0.25) is 0 Å². The highest BCUT2D eigenvalue weighted by Gasteiger charge is 2.34. The monoisotopic (exact) mass is 372 g/mol. The highest BCUT2D eigenvalue weighted by molar-refractivity contribution is 5.93. The van der Waals surface area contributed by atoms with Crippen LogP contribution in [0.4, 0.5) is 5.69 Å². The molecule has 0 fully saturated rings. The molecule has 1 unspecified atom stereocenters. The van der Waals surface area contributed by atoms with Crippen molar-refractivity contribution in [2.75, 3.05) is 27.2 Å². The van der Waals surface area contributed by atoms with Crippen LogP contribution in [-0.4, -0.2) is 43.3 Å². The predicted octanol–water partition coefficient (Wildman–Crippen LogP) is 0.953. The Kier molecular flexibility index (Phi) is 6.71. The number of quaternary nitrogens is 1. The molecule has 8 nitrogen and oxygen atoms in total. The maximum atomic E-state index is 12.8. The summed E-state index contributed by atoms with van der Waals surface area (Å²) < 4.78 is 5.39. The van der Waals surface area contributed by atoms with Crippen molar-refractivity contribution in [2.24, 2.45) is 0 Å². The number of carbonyl (C=O) groups excluding carboxylic acids is 1. The molecule has 0 saturated carbocycles. The second-order valence-electron chi connectivity index (χ2n) is 6.62. The summed E-state index contributed by atoms with van der Waals surface area (Å²) in [6, 6.07) is 8.44. The van der Waals surface area contributed by atoms with Crippen LogP contribution in [0, 0.1) is 16.5 Å². The van der Waals surface area contributed by atoms with Gasteiger partial charge in [-0.1, -0.05) is 12.1 Å². The van der Waals surface area contributed by atoms with Crippen LogP contribution in [0.25, 0.3) is 0 Å². The molecule has 27 heavy (non-hydrogen) atoms. The van der Waals surface area contributed by atoms with E-state index < -0.39 is 17.1 Å². The molecule has 144 valence electrons. The molecule has 8 heteroatoms. The molecule has 0 amide bonds. The first-order valence-corrected chi connectivity index (χ1v) is 8.50. The van der Waals surface area contributed by atoms with Gasteiger partial charge in [-0.15, -0.1) is 0 Å². The van der Waals surface area contributed by atoms with Crippen LogP contribution in [0.1, 0.15) is 25.3 Å². The number of hydrogen-bond donors (Lipinski definition) is 3. The summed E-state index contributed by atoms with van der Waals surface area (Å²) in [6.45, 7) is 4.29. The summed E-state index contributed by atoms with van der Waals surface area (Å²) in [5.74, 6) is -1.20. The number of esters is 1. The molecule has 1 aliphatic rings. The van der Waals surface area contributed by atoms with Gasteiger partial charge in [0.1, 0.15) is 6.61 Å². The van der Waals surface area contributed by atoms with Gasteiger partial charge in [-0.2, -0.15) is 10.5 Å². The second kappa shape index (κ2) is 8.79. The zero-order valence-electron chi connectivity index (χ0n) is 15.9. The average Bonchev–Trinajstić information content (AvgIpc) is 2.60. The SMILES string of the molecule is CC1=C(C#N)[C@H](c2cccc([NH+]([O-])O)c2)C(C(=O)OCCN(C)C)=C(C)N1. The minimum atomic E-state index is -1.07. The van der Waals surface area contributed by atoms with Crippen molar-refractivity contribution >= 4 is 11.7 Å². The highest BCUT2D eigenvalue weighted by atomic mass is 16.8. The molecule has 0 spiro atoms. The topological polar surface area (TPSA) is 113 Å². The Bertz CT molecular complexity index is 821. The van der Waals surface area contributed by atoms with E-state index in [0.29, 0.717) is 34.6 Å². The van der Waals surface area contributed by atoms with Crippen molar-refractivity contribution in [2.45, 2.75) is 19.8 Å². The lowest BCUT2D eigenvalue weighted by Gasteiger charge is -2.29. The van der Waals surface area contributed by atoms with E-state index in [-0.39, 0.29) is 12.3 Å². The first-order chi connectivity index (χ1) is 12.8. The maximum absolute atomic E-state index is 12.8. The molecular weight excluding hydrogens is 348 g/mol. The lowest BCUT2D eigenvalue weighted by atomic mass is 9.81. The molecule has 1 aromatic carbocycles. The Balaban J connectivity index is 2.46. The van der Waals surface area contributed by atoms with Crippen LogP contribution in [-0.2, 0) is 9.53 Å². The fourth-order valence-electron chi connectivity index (χ4n) is 3.00. The number of carbonyl (C=O) groups is 1. The number of nitrogens with one attached hydrogen (secondary N) is 2. The fraction of sp³-hybridized carbons (Fsp3) is 0.368. The summed E-state index contributed by atoms with van der Waals surface area (Å²) in [5.41, 5.74) is 2.56. The van der Waals surface area contributed by atoms with Crippen molar-refractivity contribution in [3.05, 3.63) is 57.6 Å². The third-order valence-corrected chi connectivity index (χ3v) is 4.34. The zero-order valence-corrected chi connectivity index (χ0v) is 15.9. The van der Waals surface area contributed by atoms with Crippen LogP contribution < -0.4 is 10.5 Å². The van der Waals surface area contributed by atoms with E-state index in [9.17, 15) is 20.5 Å². The van der Waals surface area contributed by atoms with Crippen LogP contribution in [0.2, 0.25) is 0 Å². The van der Waals surface area contributed by atoms with Crippen molar-refractivity contribution in [3.63, 3.8) is 0 Å². The summed E-state index contributed by atoms with van der Waals surface area (Å²) in [4.78, 5) is 14.7. The van der Waals surface area contributed by atoms with Crippen LogP contribution in [0.5, 0.6) is 0 Å². The Labute approximate surface area is 158 Å². The molecule has 0 aromatic heterocycles. The minimum absolute atomic E-state index is 0.0963. The smallest absolute Gasteiger partial charge is 0.336 e. The Hall–Kier alpha value is -2.70. The number of likely N-dealkylation sites (N-methyl/N-ethyl adjacent to an activating group) is 1. The third-order valence-electron chi connectivity index (χ3n) is 4.34. The van der Waals surface area contributed by atoms with Gasteiger partial charge in [-0.05, 0) is 33.5 Å². The van der Waals surface area contributed by atoms with E-state index in [0.717, 1.165) is 0 Å². The number of dihydropyridines is 1. The molecule has 3 N–H and O–H groups in total. The van der Waals surface area contributed by atoms with Gasteiger partial charge >= 0.3 is 5.97 Å². The van der Waals surface area contributed by atoms with Gasteiger partial charge in [0.25, 0.3) is 0 Å². The molecule has 2 rings (SSSR count). The summed E-state index contributed by atoms with van der Waals surface area (Å²) in [7, 11) is 3.75. The number of hydrogen-bond acceptors (Lipinski definition) is 7. The van der Waals surface area contributed by atoms with Gasteiger partial charge in [0.05, 0.1) is 23.1 Å². The van der Waals surface area contributed by atoms with Crippen molar-refractivity contribution in [3.8, 4) is 6.07 Å². The van der Waals surface area contributed by atoms with Gasteiger partial charge < -0.3 is 20.2 Å². The van der Waals surface area contributed by atoms with E-state index in [2.05, 4.69) is 11.4 Å². The number of rotatable bonds is 6. The summed E-state index contributed by atoms with van der Waals surface area (Å²) >= 11 is 0. The molecule has 0 radical (unpaired) electrons. The molecule has 1 aliphatic heterocycles. The van der Waals surface area contributed by atoms with Gasteiger partial charge in [0.15, 0.2) is 5.69 Å². The second-order valence-corrected chi connectivity index (χ2v) is 6.62. The fourth-order valence-corrected chi connectivity index (χ4v) is 3.00. The number of ether oxygens (including phenoxy) is 1. The minimum Gasteiger partial charge on any atom is -0.595 e. The molecule has 1 heterocycles. The number of nitrogens with zero attached hydrogens (tertiary/aromatic N) is 2. The van der Waals surface area contributed by atoms with Crippen molar-refractivity contribution in [1.82, 2.24) is 10.2 Å². The van der Waals surface area contributed by atoms with E-state index in [1.807, 2.05) is 19.0 Å². The van der Waals surface area contributed by atoms with Gasteiger partial charge in [-0.25, -0.2) is 10.0 Å². The van der Waals surface area contributed by atoms with E-state index in [4.69, 9.17) is 4.74 Å². The lowest BCUT2D eigenvalue weighted by Crippen LogP contribution is -2.99. The Morgan fingerprint density at radius 1 is 1.41 bits per heavy atom. The Morgan fingerprint density at radius 2 is 2.11 bits per heavy atom. The molecule has 1 aromatic rings. The maximum Gasteiger partial charge on any atom is 0.336 e. The first-order valence-electron chi connectivity index (χ1n) is 8.50. The van der Waals surface area contributed by atoms with E-state index in [1.165, 1.54) is 12.1 Å². The van der Waals surface area contributed by atoms with Crippen LogP contribution in [0.15, 0.2) is 46.8 Å². The molecular formula is C19H24N4O4. The quantitative estimate of drug-likeness (QED) is 0.503. The lowest BCUT2D eigenvalue weighted by molar-refractivity contribution is -0.991. The van der Waals surface area contributed by atoms with Gasteiger partial charge in [0, 0.05) is 30.1 Å². The zero-order chi connectivity index (χ0) is 20.1. The van der Waals surface area contributed by atoms with E-state index in [1.54, 1.807) is 26.0 Å². The number of benzene rings is 1. The average molecular weight is 372 g/mol. The molecule has 0 saturated heterocycles. The standard InChI is InChI=1S/C19H24N4O4/c1-12-16(11-20)18(14-6-5-7-15(10-14)23(25)26)17(13(2)21-12)19(24)27-9-8-22(3)4/h5-7,10,18,21,23,25H,8-9H2,1-4H3/t18-/m0/s1. The number of allylic oxidation sites excluding steroid dienone is 3. The molecule has 0 bridgehead atoms. The van der Waals surface area contributed by atoms with Crippen LogP contribution >= 0.6 is 0 Å². The summed E-state index contributed by atoms with van der Waals surface area (Å²) in [6.07, 6.45) is 0. The molecule has 0 aliphatic carbocycles. The normalized spacial score (nSPS) is 18.2. The number of nitriles is 1. The Morgan fingerprint density at radius 3 is 2.70 bits per heavy atom. The first kappa shape index (κ1) is 20.6. The molecule has 2 atom stereocenters. The van der Waals surface area contributed by atoms with E-state index >= 15 is 0 Å². The third kappa shape index (κ3) is 4.72. The summed E-state index contributed by atoms with van der Waals surface area (Å²) in [5, 5.41) is 32.3. The largest absolute Gasteiger partial charge is 0.595 e. The van der Waals surface area contributed by atoms with Crippen molar-refractivity contribution < 1.29 is 20.0 Å². The predicted molar refractivity (Wildman–Crippen MR) is 98.6 cm³/mol.